The number of benzene rings is 1. The Morgan fingerprint density at radius 2 is 1.77 bits per heavy atom. The Hall–Kier alpha value is -3.92. The molecule has 4 fully saturated rings. The Labute approximate surface area is 228 Å². The average molecular weight is 560 g/mol. The summed E-state index contributed by atoms with van der Waals surface area (Å²) < 4.78 is 46.9. The van der Waals surface area contributed by atoms with Gasteiger partial charge in [-0.1, -0.05) is 0 Å². The van der Waals surface area contributed by atoms with Gasteiger partial charge in [-0.25, -0.2) is 4.90 Å². The van der Waals surface area contributed by atoms with Crippen LogP contribution in [0.3, 0.4) is 0 Å². The van der Waals surface area contributed by atoms with E-state index in [0.717, 1.165) is 17.0 Å². The number of fused-ring (bicyclic) bond motifs is 5. The van der Waals surface area contributed by atoms with Crippen molar-refractivity contribution in [1.82, 2.24) is 15.1 Å². The first-order chi connectivity index (χ1) is 18.7. The van der Waals surface area contributed by atoms with Crippen LogP contribution in [0.1, 0.15) is 38.3 Å². The monoisotopic (exact) mass is 559 g/mol. The van der Waals surface area contributed by atoms with Crippen molar-refractivity contribution in [2.45, 2.75) is 50.6 Å². The van der Waals surface area contributed by atoms with Crippen LogP contribution in [-0.2, 0) is 30.1 Å². The number of nitriles is 1. The number of carbonyl (C=O) groups excluding carboxylic acids is 4. The first kappa shape index (κ1) is 27.6. The number of halogens is 3. The summed E-state index contributed by atoms with van der Waals surface area (Å²) in [5.74, 6) is -3.76. The largest absolute Gasteiger partial charge is 0.417 e. The molecule has 212 valence electrons. The highest BCUT2D eigenvalue weighted by atomic mass is 19.4. The van der Waals surface area contributed by atoms with Crippen molar-refractivity contribution >= 4 is 29.3 Å². The van der Waals surface area contributed by atoms with E-state index in [2.05, 4.69) is 5.32 Å². The average Bonchev–Trinajstić information content (AvgIpc) is 3.41. The van der Waals surface area contributed by atoms with Crippen molar-refractivity contribution in [2.24, 2.45) is 11.8 Å². The van der Waals surface area contributed by atoms with Crippen LogP contribution in [0, 0.1) is 23.2 Å². The van der Waals surface area contributed by atoms with Crippen LogP contribution in [-0.4, -0.2) is 76.9 Å². The fourth-order valence-corrected chi connectivity index (χ4v) is 6.59. The zero-order chi connectivity index (χ0) is 29.2. The number of piperazine rings is 1. The maximum Gasteiger partial charge on any atom is 0.417 e. The molecule has 0 spiro atoms. The molecule has 0 saturated carbocycles. The second-order valence-corrected chi connectivity index (χ2v) is 11.0. The smallest absolute Gasteiger partial charge is 0.374 e. The third-order valence-corrected chi connectivity index (χ3v) is 8.54. The second-order valence-electron chi connectivity index (χ2n) is 11.0. The lowest BCUT2D eigenvalue weighted by atomic mass is 9.66. The SMILES string of the molecule is CC(=O)N1CCN(C=CC(=O)N[C@@H]2C[C@@]3(C)O[C@]2(C)[C@@H]2C(=O)N(c4ccc(C#N)c(C(F)(F)F)c4)C(=O)[C@@H]23)CC1. The summed E-state index contributed by atoms with van der Waals surface area (Å²) >= 11 is 0. The van der Waals surface area contributed by atoms with Gasteiger partial charge in [0.05, 0.1) is 52.0 Å². The second kappa shape index (κ2) is 9.33. The standard InChI is InChI=1S/C27H28F3N5O5/c1-15(36)34-10-8-33(9-11-34)7-6-20(37)32-19-13-25(2)21-22(26(19,3)40-25)24(39)35(23(21)38)17-5-4-16(14-31)18(12-17)27(28,29)30/h4-7,12,19,21-22H,8-11,13H2,1-3H3,(H,32,37)/t19-,21-,22+,25-,26+/m1/s1. The molecule has 0 aromatic heterocycles. The molecule has 4 saturated heterocycles. The van der Waals surface area contributed by atoms with Crippen LogP contribution >= 0.6 is 0 Å². The fourth-order valence-electron chi connectivity index (χ4n) is 6.59. The van der Waals surface area contributed by atoms with Gasteiger partial charge < -0.3 is 19.9 Å². The van der Waals surface area contributed by atoms with Gasteiger partial charge in [-0.2, -0.15) is 18.4 Å². The molecule has 4 aliphatic heterocycles. The molecule has 0 aliphatic carbocycles. The lowest BCUT2D eigenvalue weighted by molar-refractivity contribution is -0.138. The van der Waals surface area contributed by atoms with Crippen LogP contribution in [0.15, 0.2) is 30.5 Å². The molecule has 5 atom stereocenters. The van der Waals surface area contributed by atoms with Gasteiger partial charge in [0, 0.05) is 51.8 Å². The number of alkyl halides is 3. The molecule has 1 N–H and O–H groups in total. The third kappa shape index (κ3) is 4.30. The van der Waals surface area contributed by atoms with E-state index in [4.69, 9.17) is 10.00 Å². The highest BCUT2D eigenvalue weighted by Crippen LogP contribution is 2.61. The molecule has 1 aromatic rings. The molecular weight excluding hydrogens is 531 g/mol. The number of nitrogens with one attached hydrogen (secondary N) is 1. The Kier molecular flexibility index (Phi) is 6.45. The molecule has 4 heterocycles. The maximum absolute atomic E-state index is 13.6. The Morgan fingerprint density at radius 1 is 1.12 bits per heavy atom. The number of anilines is 1. The van der Waals surface area contributed by atoms with Crippen LogP contribution < -0.4 is 10.2 Å². The minimum Gasteiger partial charge on any atom is -0.374 e. The topological polar surface area (TPSA) is 123 Å². The predicted octanol–water partition coefficient (Wildman–Crippen LogP) is 1.80. The van der Waals surface area contributed by atoms with Crippen molar-refractivity contribution in [1.29, 1.82) is 5.26 Å². The highest BCUT2D eigenvalue weighted by molar-refractivity contribution is 6.23. The third-order valence-electron chi connectivity index (χ3n) is 8.54. The van der Waals surface area contributed by atoms with Crippen molar-refractivity contribution in [3.8, 4) is 6.07 Å². The Balaban J connectivity index is 1.34. The van der Waals surface area contributed by atoms with Crippen LogP contribution in [0.2, 0.25) is 0 Å². The zero-order valence-corrected chi connectivity index (χ0v) is 22.1. The summed E-state index contributed by atoms with van der Waals surface area (Å²) in [6.45, 7) is 7.06. The van der Waals surface area contributed by atoms with E-state index < -0.39 is 64.1 Å². The van der Waals surface area contributed by atoms with Gasteiger partial charge in [-0.3, -0.25) is 19.2 Å². The molecular formula is C27H28F3N5O5. The summed E-state index contributed by atoms with van der Waals surface area (Å²) in [7, 11) is 0. The first-order valence-corrected chi connectivity index (χ1v) is 12.9. The maximum atomic E-state index is 13.6. The van der Waals surface area contributed by atoms with E-state index in [1.54, 1.807) is 24.9 Å². The Morgan fingerprint density at radius 3 is 2.38 bits per heavy atom. The molecule has 1 aromatic carbocycles. The number of carbonyl (C=O) groups is 4. The lowest BCUT2D eigenvalue weighted by Gasteiger charge is -2.35. The molecule has 2 bridgehead atoms. The van der Waals surface area contributed by atoms with E-state index in [-0.39, 0.29) is 18.0 Å². The number of amides is 4. The Bertz CT molecular complexity index is 1360. The van der Waals surface area contributed by atoms with Crippen LogP contribution in [0.25, 0.3) is 0 Å². The summed E-state index contributed by atoms with van der Waals surface area (Å²) in [5.41, 5.74) is -4.51. The van der Waals surface area contributed by atoms with Gasteiger partial charge in [-0.15, -0.1) is 0 Å². The zero-order valence-electron chi connectivity index (χ0n) is 22.1. The summed E-state index contributed by atoms with van der Waals surface area (Å²) in [6, 6.07) is 3.59. The lowest BCUT2D eigenvalue weighted by Crippen LogP contribution is -2.56. The number of hydrogen-bond donors (Lipinski definition) is 1. The van der Waals surface area contributed by atoms with E-state index in [1.807, 2.05) is 4.90 Å². The molecule has 4 amide bonds. The highest BCUT2D eigenvalue weighted by Gasteiger charge is 2.76. The molecule has 0 radical (unpaired) electrons. The summed E-state index contributed by atoms with van der Waals surface area (Å²) in [5, 5.41) is 12.0. The molecule has 40 heavy (non-hydrogen) atoms. The number of imide groups is 1. The van der Waals surface area contributed by atoms with Crippen molar-refractivity contribution in [3.63, 3.8) is 0 Å². The van der Waals surface area contributed by atoms with Gasteiger partial charge in [-0.05, 0) is 32.0 Å². The van der Waals surface area contributed by atoms with Gasteiger partial charge in [0.15, 0.2) is 0 Å². The van der Waals surface area contributed by atoms with Crippen LogP contribution in [0.4, 0.5) is 18.9 Å². The number of ether oxygens (including phenoxy) is 1. The van der Waals surface area contributed by atoms with Gasteiger partial charge in [0.2, 0.25) is 23.6 Å². The van der Waals surface area contributed by atoms with Crippen molar-refractivity contribution in [2.75, 3.05) is 31.1 Å². The predicted molar refractivity (Wildman–Crippen MR) is 133 cm³/mol. The van der Waals surface area contributed by atoms with Gasteiger partial charge in [0.25, 0.3) is 0 Å². The van der Waals surface area contributed by atoms with Crippen LogP contribution in [0.5, 0.6) is 0 Å². The minimum absolute atomic E-state index is 0.00353. The summed E-state index contributed by atoms with van der Waals surface area (Å²) in [6.07, 6.45) is -1.62. The number of hydrogen-bond acceptors (Lipinski definition) is 7. The van der Waals surface area contributed by atoms with E-state index >= 15 is 0 Å². The van der Waals surface area contributed by atoms with Gasteiger partial charge >= 0.3 is 6.18 Å². The molecule has 0 unspecified atom stereocenters. The normalized spacial score (nSPS) is 31.6. The first-order valence-electron chi connectivity index (χ1n) is 12.9. The molecule has 5 rings (SSSR count). The van der Waals surface area contributed by atoms with E-state index in [9.17, 15) is 32.3 Å². The molecule has 13 heteroatoms. The molecule has 4 aliphatic rings. The molecule has 10 nitrogen and oxygen atoms in total. The van der Waals surface area contributed by atoms with Gasteiger partial charge in [0.1, 0.15) is 0 Å². The minimum atomic E-state index is -4.85. The van der Waals surface area contributed by atoms with Crippen molar-refractivity contribution < 1.29 is 37.1 Å². The summed E-state index contributed by atoms with van der Waals surface area (Å²) in [4.78, 5) is 55.8. The van der Waals surface area contributed by atoms with E-state index in [0.29, 0.717) is 32.2 Å². The number of rotatable bonds is 4. The number of nitrogens with zero attached hydrogens (tertiary/aromatic N) is 4. The van der Waals surface area contributed by atoms with E-state index in [1.165, 1.54) is 19.1 Å². The quantitative estimate of drug-likeness (QED) is 0.441. The fraction of sp³-hybridized carbons (Fsp3) is 0.519. The van der Waals surface area contributed by atoms with Crippen molar-refractivity contribution in [3.05, 3.63) is 41.6 Å².